The van der Waals surface area contributed by atoms with Crippen molar-refractivity contribution >= 4 is 45.1 Å². The van der Waals surface area contributed by atoms with Crippen LogP contribution >= 0.6 is 22.6 Å². The van der Waals surface area contributed by atoms with E-state index in [0.29, 0.717) is 5.56 Å². The lowest BCUT2D eigenvalue weighted by atomic mass is 9.87. The molecule has 0 aliphatic heterocycles. The van der Waals surface area contributed by atoms with E-state index in [1.807, 2.05) is 30.3 Å². The molecule has 0 fully saturated rings. The molecule has 0 bridgehead atoms. The number of amides is 1. The first kappa shape index (κ1) is 17.6. The molecule has 0 saturated heterocycles. The number of nitrogens with one attached hydrogen (secondary N) is 1. The van der Waals surface area contributed by atoms with Gasteiger partial charge in [-0.1, -0.05) is 32.9 Å². The first-order valence-electron chi connectivity index (χ1n) is 7.82. The largest absolute Gasteiger partial charge is 0.493 e. The number of benzene rings is 2. The summed E-state index contributed by atoms with van der Waals surface area (Å²) in [6.45, 7) is 6.35. The molecular weight excluding hydrogens is 429 g/mol. The number of hydrogen-bond donors (Lipinski definition) is 2. The average molecular weight is 447 g/mol. The number of rotatable bonds is 2. The molecule has 0 spiro atoms. The molecule has 128 valence electrons. The number of H-pyrrole nitrogens is 1. The van der Waals surface area contributed by atoms with E-state index in [4.69, 9.17) is 0 Å². The summed E-state index contributed by atoms with van der Waals surface area (Å²) in [7, 11) is 0. The predicted octanol–water partition coefficient (Wildman–Crippen LogP) is 5.70. The van der Waals surface area contributed by atoms with E-state index in [-0.39, 0.29) is 17.0 Å². The van der Waals surface area contributed by atoms with Gasteiger partial charge in [0, 0.05) is 14.5 Å². The fourth-order valence-electron chi connectivity index (χ4n) is 2.50. The van der Waals surface area contributed by atoms with Crippen molar-refractivity contribution < 1.29 is 9.90 Å². The van der Waals surface area contributed by atoms with Crippen LogP contribution < -0.4 is 0 Å². The lowest BCUT2D eigenvalue weighted by molar-refractivity contribution is 0.0995. The van der Waals surface area contributed by atoms with Gasteiger partial charge in [-0.15, -0.1) is 10.2 Å². The van der Waals surface area contributed by atoms with Crippen LogP contribution in [0.1, 0.15) is 36.7 Å². The van der Waals surface area contributed by atoms with E-state index >= 15 is 0 Å². The minimum Gasteiger partial charge on any atom is -0.493 e. The van der Waals surface area contributed by atoms with Crippen LogP contribution in [0.3, 0.4) is 0 Å². The molecule has 2 aromatic carbocycles. The smallest absolute Gasteiger partial charge is 0.295 e. The molecule has 0 aliphatic carbocycles. The maximum absolute atomic E-state index is 12.3. The van der Waals surface area contributed by atoms with Gasteiger partial charge in [-0.2, -0.15) is 0 Å². The van der Waals surface area contributed by atoms with Crippen LogP contribution in [0.2, 0.25) is 0 Å². The van der Waals surface area contributed by atoms with Crippen molar-refractivity contribution in [2.45, 2.75) is 26.2 Å². The molecular formula is C19H18IN3O2. The first-order valence-corrected chi connectivity index (χ1v) is 8.90. The number of hydrogen-bond acceptors (Lipinski definition) is 3. The zero-order valence-corrected chi connectivity index (χ0v) is 16.3. The number of aromatic nitrogens is 1. The van der Waals surface area contributed by atoms with Crippen LogP contribution in [-0.4, -0.2) is 16.0 Å². The lowest BCUT2D eigenvalue weighted by Crippen LogP contribution is -2.11. The van der Waals surface area contributed by atoms with Crippen LogP contribution in [0.4, 0.5) is 5.69 Å². The van der Waals surface area contributed by atoms with Gasteiger partial charge in [0.1, 0.15) is 0 Å². The Hall–Kier alpha value is -2.22. The monoisotopic (exact) mass is 447 g/mol. The molecule has 1 aromatic heterocycles. The van der Waals surface area contributed by atoms with E-state index in [1.165, 1.54) is 0 Å². The third-order valence-corrected chi connectivity index (χ3v) is 4.62. The summed E-state index contributed by atoms with van der Waals surface area (Å²) in [5.41, 5.74) is 2.65. The van der Waals surface area contributed by atoms with Crippen LogP contribution in [0.25, 0.3) is 10.9 Å². The van der Waals surface area contributed by atoms with E-state index in [0.717, 1.165) is 20.0 Å². The number of halogens is 1. The Kier molecular flexibility index (Phi) is 4.64. The molecule has 1 amide bonds. The summed E-state index contributed by atoms with van der Waals surface area (Å²) in [6.07, 6.45) is 0. The highest BCUT2D eigenvalue weighted by Gasteiger charge is 2.15. The van der Waals surface area contributed by atoms with E-state index in [1.54, 1.807) is 12.1 Å². The van der Waals surface area contributed by atoms with Crippen molar-refractivity contribution in [3.8, 4) is 5.88 Å². The Balaban J connectivity index is 1.88. The SMILES string of the molecule is CC(C)(C)c1ccc(C(=O)N=Nc2c(O)[nH]c3ccc(I)cc23)cc1. The Morgan fingerprint density at radius 2 is 1.80 bits per heavy atom. The van der Waals surface area contributed by atoms with Crippen LogP contribution in [-0.2, 0) is 5.41 Å². The van der Waals surface area contributed by atoms with Gasteiger partial charge in [0.2, 0.25) is 5.88 Å². The van der Waals surface area contributed by atoms with Crippen LogP contribution in [0.15, 0.2) is 52.7 Å². The summed E-state index contributed by atoms with van der Waals surface area (Å²) in [6, 6.07) is 13.0. The number of aromatic hydroxyl groups is 1. The predicted molar refractivity (Wildman–Crippen MR) is 107 cm³/mol. The zero-order chi connectivity index (χ0) is 18.2. The van der Waals surface area contributed by atoms with Crippen molar-refractivity contribution in [1.29, 1.82) is 0 Å². The van der Waals surface area contributed by atoms with E-state index in [9.17, 15) is 9.90 Å². The Bertz CT molecular complexity index is 967. The van der Waals surface area contributed by atoms with Crippen molar-refractivity contribution in [3.05, 3.63) is 57.2 Å². The van der Waals surface area contributed by atoms with Gasteiger partial charge in [-0.05, 0) is 63.9 Å². The van der Waals surface area contributed by atoms with Gasteiger partial charge >= 0.3 is 0 Å². The van der Waals surface area contributed by atoms with E-state index < -0.39 is 5.91 Å². The average Bonchev–Trinajstić information content (AvgIpc) is 2.86. The van der Waals surface area contributed by atoms with Crippen molar-refractivity contribution in [1.82, 2.24) is 4.98 Å². The molecule has 2 N–H and O–H groups in total. The Labute approximate surface area is 159 Å². The molecule has 0 unspecified atom stereocenters. The normalized spacial score (nSPS) is 12.2. The van der Waals surface area contributed by atoms with Gasteiger partial charge in [0.25, 0.3) is 5.91 Å². The molecule has 3 rings (SSSR count). The summed E-state index contributed by atoms with van der Waals surface area (Å²) >= 11 is 2.18. The summed E-state index contributed by atoms with van der Waals surface area (Å²) < 4.78 is 1.00. The van der Waals surface area contributed by atoms with Crippen molar-refractivity contribution in [2.75, 3.05) is 0 Å². The van der Waals surface area contributed by atoms with Gasteiger partial charge in [-0.3, -0.25) is 4.79 Å². The van der Waals surface area contributed by atoms with Gasteiger partial charge in [0.05, 0.1) is 5.52 Å². The molecule has 25 heavy (non-hydrogen) atoms. The second-order valence-corrected chi connectivity index (χ2v) is 8.09. The lowest BCUT2D eigenvalue weighted by Gasteiger charge is -2.18. The van der Waals surface area contributed by atoms with Gasteiger partial charge < -0.3 is 10.1 Å². The number of carbonyl (C=O) groups excluding carboxylic acids is 1. The molecule has 0 saturated carbocycles. The van der Waals surface area contributed by atoms with Gasteiger partial charge in [-0.25, -0.2) is 0 Å². The molecule has 0 aliphatic rings. The van der Waals surface area contributed by atoms with Crippen molar-refractivity contribution in [2.24, 2.45) is 10.2 Å². The maximum atomic E-state index is 12.3. The summed E-state index contributed by atoms with van der Waals surface area (Å²) in [5, 5.41) is 18.5. The highest BCUT2D eigenvalue weighted by atomic mass is 127. The van der Waals surface area contributed by atoms with E-state index in [2.05, 4.69) is 58.6 Å². The molecule has 3 aromatic rings. The quantitative estimate of drug-likeness (QED) is 0.391. The fourth-order valence-corrected chi connectivity index (χ4v) is 2.99. The van der Waals surface area contributed by atoms with Crippen LogP contribution in [0.5, 0.6) is 5.88 Å². The highest BCUT2D eigenvalue weighted by Crippen LogP contribution is 2.36. The standard InChI is InChI=1S/C19H18IN3O2/c1-19(2,3)12-6-4-11(5-7-12)17(24)23-22-16-14-10-13(20)8-9-15(14)21-18(16)25/h4-10,21,25H,1-3H3. The topological polar surface area (TPSA) is 77.8 Å². The summed E-state index contributed by atoms with van der Waals surface area (Å²) in [4.78, 5) is 15.1. The third kappa shape index (κ3) is 3.73. The number of aromatic amines is 1. The van der Waals surface area contributed by atoms with Crippen LogP contribution in [0, 0.1) is 3.57 Å². The zero-order valence-electron chi connectivity index (χ0n) is 14.2. The summed E-state index contributed by atoms with van der Waals surface area (Å²) in [5.74, 6) is -0.545. The molecule has 1 heterocycles. The number of fused-ring (bicyclic) bond motifs is 1. The molecule has 6 heteroatoms. The number of nitrogens with zero attached hydrogens (tertiary/aromatic N) is 2. The number of carbonyl (C=O) groups is 1. The number of azo groups is 1. The highest BCUT2D eigenvalue weighted by molar-refractivity contribution is 14.1. The third-order valence-electron chi connectivity index (χ3n) is 3.95. The Morgan fingerprint density at radius 3 is 2.44 bits per heavy atom. The molecule has 5 nitrogen and oxygen atoms in total. The second-order valence-electron chi connectivity index (χ2n) is 6.84. The minimum absolute atomic E-state index is 0.0239. The van der Waals surface area contributed by atoms with Crippen molar-refractivity contribution in [3.63, 3.8) is 0 Å². The van der Waals surface area contributed by atoms with Gasteiger partial charge in [0.15, 0.2) is 5.69 Å². The molecule has 0 atom stereocenters. The second kappa shape index (κ2) is 6.59. The fraction of sp³-hybridized carbons (Fsp3) is 0.211. The minimum atomic E-state index is -0.445. The maximum Gasteiger partial charge on any atom is 0.295 e. The first-order chi connectivity index (χ1) is 11.8. The Morgan fingerprint density at radius 1 is 1.12 bits per heavy atom. The molecule has 0 radical (unpaired) electrons.